The molecule has 118 valence electrons. The fourth-order valence-electron chi connectivity index (χ4n) is 2.68. The number of hydrogen-bond acceptors (Lipinski definition) is 3. The van der Waals surface area contributed by atoms with Crippen molar-refractivity contribution in [2.24, 2.45) is 0 Å². The summed E-state index contributed by atoms with van der Waals surface area (Å²) in [5, 5.41) is 0.995. The Labute approximate surface area is 136 Å². The maximum Gasteiger partial charge on any atom is 0.164 e. The van der Waals surface area contributed by atoms with Crippen LogP contribution in [0.2, 0.25) is 0 Å². The Morgan fingerprint density at radius 3 is 2.00 bits per heavy atom. The number of carbonyl (C=O) groups excluding carboxylic acids is 1. The molecule has 0 atom stereocenters. The first-order chi connectivity index (χ1) is 9.99. The number of methoxy groups -OCH3 is 2. The van der Waals surface area contributed by atoms with Gasteiger partial charge in [0, 0.05) is 22.9 Å². The summed E-state index contributed by atoms with van der Waals surface area (Å²) in [6, 6.07) is 0. The van der Waals surface area contributed by atoms with Crippen LogP contribution in [0.15, 0.2) is 0 Å². The molecule has 0 fully saturated rings. The molecule has 0 spiro atoms. The molecule has 0 amide bonds. The summed E-state index contributed by atoms with van der Waals surface area (Å²) in [6.07, 6.45) is 3.69. The molecule has 0 N–H and O–H groups in total. The number of halogens is 1. The van der Waals surface area contributed by atoms with Gasteiger partial charge in [-0.05, 0) is 44.7 Å². The average molecular weight is 357 g/mol. The van der Waals surface area contributed by atoms with Gasteiger partial charge >= 0.3 is 0 Å². The molecule has 3 nitrogen and oxygen atoms in total. The fraction of sp³-hybridized carbons (Fsp3) is 0.588. The van der Waals surface area contributed by atoms with Gasteiger partial charge < -0.3 is 9.47 Å². The van der Waals surface area contributed by atoms with Crippen LogP contribution in [-0.2, 0) is 0 Å². The summed E-state index contributed by atoms with van der Waals surface area (Å²) in [5.41, 5.74) is 3.64. The largest absolute Gasteiger partial charge is 0.493 e. The van der Waals surface area contributed by atoms with Crippen LogP contribution in [0.5, 0.6) is 11.5 Å². The summed E-state index contributed by atoms with van der Waals surface area (Å²) in [5.74, 6) is 1.59. The molecular formula is C17H25BrO3. The van der Waals surface area contributed by atoms with Gasteiger partial charge in [-0.2, -0.15) is 0 Å². The monoisotopic (exact) mass is 356 g/mol. The van der Waals surface area contributed by atoms with Crippen molar-refractivity contribution >= 4 is 21.7 Å². The minimum Gasteiger partial charge on any atom is -0.493 e. The highest BCUT2D eigenvalue weighted by Crippen LogP contribution is 2.39. The molecule has 0 radical (unpaired) electrons. The lowest BCUT2D eigenvalue weighted by atomic mass is 9.91. The molecule has 0 heterocycles. The summed E-state index contributed by atoms with van der Waals surface area (Å²) in [4.78, 5) is 12.6. The Morgan fingerprint density at radius 1 is 0.905 bits per heavy atom. The van der Waals surface area contributed by atoms with Crippen LogP contribution in [0.1, 0.15) is 52.7 Å². The smallest absolute Gasteiger partial charge is 0.164 e. The first-order valence-electron chi connectivity index (χ1n) is 7.30. The van der Waals surface area contributed by atoms with Crippen LogP contribution in [0.3, 0.4) is 0 Å². The van der Waals surface area contributed by atoms with Crippen molar-refractivity contribution in [1.29, 1.82) is 0 Å². The van der Waals surface area contributed by atoms with E-state index in [4.69, 9.17) is 9.47 Å². The molecule has 0 aliphatic rings. The predicted octanol–water partition coefficient (Wildman–Crippen LogP) is 4.77. The molecular weight excluding hydrogens is 332 g/mol. The Morgan fingerprint density at radius 2 is 1.48 bits per heavy atom. The van der Waals surface area contributed by atoms with Gasteiger partial charge in [-0.25, -0.2) is 0 Å². The third kappa shape index (κ3) is 4.00. The molecule has 1 rings (SSSR count). The highest BCUT2D eigenvalue weighted by atomic mass is 79.9. The molecule has 0 saturated heterocycles. The Hall–Kier alpha value is -1.03. The minimum absolute atomic E-state index is 0.198. The van der Waals surface area contributed by atoms with Gasteiger partial charge in [0.05, 0.1) is 14.2 Å². The number of carbonyl (C=O) groups is 1. The third-order valence-electron chi connectivity index (χ3n) is 3.92. The number of alkyl halides is 1. The highest BCUT2D eigenvalue weighted by Gasteiger charge is 2.22. The zero-order valence-electron chi connectivity index (χ0n) is 13.6. The van der Waals surface area contributed by atoms with E-state index < -0.39 is 0 Å². The van der Waals surface area contributed by atoms with Crippen molar-refractivity contribution in [3.63, 3.8) is 0 Å². The van der Waals surface area contributed by atoms with Crippen LogP contribution in [0.25, 0.3) is 0 Å². The minimum atomic E-state index is 0.198. The Kier molecular flexibility index (Phi) is 7.23. The van der Waals surface area contributed by atoms with Crippen LogP contribution in [0, 0.1) is 20.8 Å². The SMILES string of the molecule is COc1c(C)c(C)c(C(=O)CCCCCBr)c(C)c1OC. The number of hydrogen-bond donors (Lipinski definition) is 0. The fourth-order valence-corrected chi connectivity index (χ4v) is 3.08. The standard InChI is InChI=1S/C17H25BrO3/c1-11-12(2)16(20-4)17(21-5)13(3)15(11)14(19)9-7-6-8-10-18/h6-10H2,1-5H3. The zero-order chi connectivity index (χ0) is 16.0. The molecule has 0 aliphatic carbocycles. The van der Waals surface area contributed by atoms with Gasteiger partial charge in [0.1, 0.15) is 0 Å². The normalized spacial score (nSPS) is 10.6. The summed E-state index contributed by atoms with van der Waals surface area (Å²) in [6.45, 7) is 5.88. The number of Topliss-reactive ketones (excluding diaryl/α,β-unsaturated/α-hetero) is 1. The van der Waals surface area contributed by atoms with Crippen molar-refractivity contribution in [3.8, 4) is 11.5 Å². The second-order valence-corrected chi connectivity index (χ2v) is 6.03. The van der Waals surface area contributed by atoms with E-state index in [9.17, 15) is 4.79 Å². The number of benzene rings is 1. The van der Waals surface area contributed by atoms with Gasteiger partial charge in [0.2, 0.25) is 0 Å². The first kappa shape index (κ1) is 18.0. The van der Waals surface area contributed by atoms with E-state index in [0.717, 1.165) is 52.6 Å². The molecule has 21 heavy (non-hydrogen) atoms. The van der Waals surface area contributed by atoms with Gasteiger partial charge in [0.15, 0.2) is 17.3 Å². The lowest BCUT2D eigenvalue weighted by molar-refractivity contribution is 0.0977. The van der Waals surface area contributed by atoms with Crippen LogP contribution < -0.4 is 9.47 Å². The molecule has 1 aromatic rings. The van der Waals surface area contributed by atoms with Crippen LogP contribution in [0.4, 0.5) is 0 Å². The molecule has 0 aromatic heterocycles. The van der Waals surface area contributed by atoms with E-state index in [1.807, 2.05) is 20.8 Å². The zero-order valence-corrected chi connectivity index (χ0v) is 15.2. The summed E-state index contributed by atoms with van der Waals surface area (Å²) < 4.78 is 10.9. The van der Waals surface area contributed by atoms with Crippen LogP contribution >= 0.6 is 15.9 Å². The number of ether oxygens (including phenoxy) is 2. The third-order valence-corrected chi connectivity index (χ3v) is 4.49. The maximum absolute atomic E-state index is 12.6. The molecule has 0 unspecified atom stereocenters. The quantitative estimate of drug-likeness (QED) is 0.382. The van der Waals surface area contributed by atoms with E-state index in [1.54, 1.807) is 14.2 Å². The van der Waals surface area contributed by atoms with Gasteiger partial charge in [-0.3, -0.25) is 4.79 Å². The van der Waals surface area contributed by atoms with E-state index in [1.165, 1.54) is 0 Å². The van der Waals surface area contributed by atoms with E-state index >= 15 is 0 Å². The number of ketones is 1. The highest BCUT2D eigenvalue weighted by molar-refractivity contribution is 9.09. The van der Waals surface area contributed by atoms with Gasteiger partial charge in [-0.15, -0.1) is 0 Å². The molecule has 0 saturated carbocycles. The summed E-state index contributed by atoms with van der Waals surface area (Å²) in [7, 11) is 3.25. The van der Waals surface area contributed by atoms with Crippen molar-refractivity contribution in [1.82, 2.24) is 0 Å². The van der Waals surface area contributed by atoms with Crippen molar-refractivity contribution in [3.05, 3.63) is 22.3 Å². The van der Waals surface area contributed by atoms with Gasteiger partial charge in [-0.1, -0.05) is 22.4 Å². The van der Waals surface area contributed by atoms with Gasteiger partial charge in [0.25, 0.3) is 0 Å². The Bertz CT molecular complexity index is 509. The average Bonchev–Trinajstić information content (AvgIpc) is 2.47. The molecule has 1 aromatic carbocycles. The van der Waals surface area contributed by atoms with E-state index in [-0.39, 0.29) is 5.78 Å². The number of unbranched alkanes of at least 4 members (excludes halogenated alkanes) is 2. The molecule has 0 aliphatic heterocycles. The second kappa shape index (κ2) is 8.42. The van der Waals surface area contributed by atoms with Crippen LogP contribution in [-0.4, -0.2) is 25.3 Å². The van der Waals surface area contributed by atoms with Crippen molar-refractivity contribution in [2.45, 2.75) is 46.5 Å². The Balaban J connectivity index is 3.12. The lowest BCUT2D eigenvalue weighted by Crippen LogP contribution is -2.09. The summed E-state index contributed by atoms with van der Waals surface area (Å²) >= 11 is 3.41. The lowest BCUT2D eigenvalue weighted by Gasteiger charge is -2.19. The first-order valence-corrected chi connectivity index (χ1v) is 8.42. The molecule has 0 bridgehead atoms. The molecule has 4 heteroatoms. The van der Waals surface area contributed by atoms with Crippen molar-refractivity contribution in [2.75, 3.05) is 19.5 Å². The predicted molar refractivity (Wildman–Crippen MR) is 90.3 cm³/mol. The maximum atomic E-state index is 12.6. The van der Waals surface area contributed by atoms with E-state index in [0.29, 0.717) is 12.2 Å². The van der Waals surface area contributed by atoms with Crippen molar-refractivity contribution < 1.29 is 14.3 Å². The van der Waals surface area contributed by atoms with E-state index in [2.05, 4.69) is 15.9 Å². The second-order valence-electron chi connectivity index (χ2n) is 5.24. The number of rotatable bonds is 8. The topological polar surface area (TPSA) is 35.5 Å².